The zero-order valence-corrected chi connectivity index (χ0v) is 11.8. The topological polar surface area (TPSA) is 34.2 Å². The molecule has 2 rings (SSSR count). The average Bonchev–Trinajstić information content (AvgIpc) is 2.74. The molecule has 5 heteroatoms. The molecule has 0 aliphatic carbocycles. The molecule has 106 valence electrons. The van der Waals surface area contributed by atoms with E-state index in [2.05, 4.69) is 16.8 Å². The number of hydrogen-bond donors (Lipinski definition) is 0. The largest absolute Gasteiger partial charge is 0.374 e. The fraction of sp³-hybridized carbons (Fsp3) is 1.00. The maximum Gasteiger partial charge on any atom is 0.170 e. The van der Waals surface area contributed by atoms with E-state index in [1.807, 2.05) is 13.8 Å². The highest BCUT2D eigenvalue weighted by Crippen LogP contribution is 2.22. The molecule has 2 aliphatic rings. The first kappa shape index (κ1) is 14.2. The number of ether oxygens (including phenoxy) is 3. The van der Waals surface area contributed by atoms with Crippen LogP contribution in [0.15, 0.2) is 0 Å². The van der Waals surface area contributed by atoms with Crippen LogP contribution >= 0.6 is 0 Å². The summed E-state index contributed by atoms with van der Waals surface area (Å²) < 4.78 is 17.1. The van der Waals surface area contributed by atoms with Crippen molar-refractivity contribution in [2.45, 2.75) is 32.3 Å². The van der Waals surface area contributed by atoms with Gasteiger partial charge in [0.1, 0.15) is 0 Å². The van der Waals surface area contributed by atoms with Crippen LogP contribution in [0.25, 0.3) is 0 Å². The zero-order chi connectivity index (χ0) is 13.0. The van der Waals surface area contributed by atoms with Crippen molar-refractivity contribution in [1.82, 2.24) is 9.80 Å². The maximum atomic E-state index is 5.84. The van der Waals surface area contributed by atoms with Crippen molar-refractivity contribution in [1.29, 1.82) is 0 Å². The van der Waals surface area contributed by atoms with Gasteiger partial charge >= 0.3 is 0 Å². The van der Waals surface area contributed by atoms with Crippen molar-refractivity contribution in [3.63, 3.8) is 0 Å². The fourth-order valence-electron chi connectivity index (χ4n) is 2.82. The van der Waals surface area contributed by atoms with Gasteiger partial charge < -0.3 is 14.2 Å². The van der Waals surface area contributed by atoms with Gasteiger partial charge in [-0.15, -0.1) is 0 Å². The van der Waals surface area contributed by atoms with Crippen LogP contribution in [0.4, 0.5) is 0 Å². The van der Waals surface area contributed by atoms with Crippen molar-refractivity contribution in [3.8, 4) is 0 Å². The van der Waals surface area contributed by atoms with Crippen molar-refractivity contribution in [2.75, 3.05) is 53.0 Å². The van der Waals surface area contributed by atoms with Crippen LogP contribution < -0.4 is 0 Å². The lowest BCUT2D eigenvalue weighted by Gasteiger charge is -2.33. The summed E-state index contributed by atoms with van der Waals surface area (Å²) in [5.74, 6) is 0. The highest BCUT2D eigenvalue weighted by atomic mass is 16.7. The number of fused-ring (bicyclic) bond motifs is 1. The molecule has 2 saturated heterocycles. The monoisotopic (exact) mass is 258 g/mol. The van der Waals surface area contributed by atoms with Gasteiger partial charge in [-0.1, -0.05) is 0 Å². The summed E-state index contributed by atoms with van der Waals surface area (Å²) in [6.45, 7) is 10.2. The Balaban J connectivity index is 1.83. The van der Waals surface area contributed by atoms with Crippen LogP contribution in [-0.2, 0) is 14.2 Å². The predicted molar refractivity (Wildman–Crippen MR) is 69.6 cm³/mol. The molecule has 2 heterocycles. The van der Waals surface area contributed by atoms with Gasteiger partial charge in [-0.3, -0.25) is 9.80 Å². The number of rotatable bonds is 6. The molecule has 2 aliphatic heterocycles. The van der Waals surface area contributed by atoms with E-state index in [0.717, 1.165) is 32.8 Å². The maximum absolute atomic E-state index is 5.84. The van der Waals surface area contributed by atoms with Gasteiger partial charge in [0.15, 0.2) is 6.29 Å². The molecule has 2 fully saturated rings. The van der Waals surface area contributed by atoms with Crippen LogP contribution in [-0.4, -0.2) is 81.3 Å². The highest BCUT2D eigenvalue weighted by Gasteiger charge is 2.39. The van der Waals surface area contributed by atoms with Crippen LogP contribution in [0.2, 0.25) is 0 Å². The second kappa shape index (κ2) is 6.82. The average molecular weight is 258 g/mol. The van der Waals surface area contributed by atoms with E-state index >= 15 is 0 Å². The Morgan fingerprint density at radius 3 is 2.56 bits per heavy atom. The SMILES string of the molecule is CCOC(CN1C[C@H]2OCCN(C)[C@H]2C1)OCC. The molecule has 0 aromatic carbocycles. The summed E-state index contributed by atoms with van der Waals surface area (Å²) in [4.78, 5) is 4.80. The Hall–Kier alpha value is -0.200. The summed E-state index contributed by atoms with van der Waals surface area (Å²) in [6, 6.07) is 0.530. The summed E-state index contributed by atoms with van der Waals surface area (Å²) in [7, 11) is 2.19. The second-order valence-corrected chi connectivity index (χ2v) is 5.02. The number of likely N-dealkylation sites (N-methyl/N-ethyl adjacent to an activating group) is 1. The standard InChI is InChI=1S/C13H26N2O3/c1-4-16-13(17-5-2)10-15-8-11-12(9-15)18-7-6-14(11)3/h11-13H,4-10H2,1-3H3/t11-,12+/m0/s1. The van der Waals surface area contributed by atoms with E-state index in [0.29, 0.717) is 25.4 Å². The third kappa shape index (κ3) is 3.42. The lowest BCUT2D eigenvalue weighted by molar-refractivity contribution is -0.146. The Morgan fingerprint density at radius 1 is 1.22 bits per heavy atom. The third-order valence-electron chi connectivity index (χ3n) is 3.77. The van der Waals surface area contributed by atoms with Gasteiger partial charge in [0.25, 0.3) is 0 Å². The Bertz CT molecular complexity index is 246. The van der Waals surface area contributed by atoms with E-state index < -0.39 is 0 Å². The molecule has 0 radical (unpaired) electrons. The van der Waals surface area contributed by atoms with E-state index in [9.17, 15) is 0 Å². The molecule has 0 unspecified atom stereocenters. The van der Waals surface area contributed by atoms with Gasteiger partial charge in [-0.05, 0) is 20.9 Å². The molecular formula is C13H26N2O3. The summed E-state index contributed by atoms with van der Waals surface area (Å²) >= 11 is 0. The first-order valence-corrected chi connectivity index (χ1v) is 7.02. The number of likely N-dealkylation sites (tertiary alicyclic amines) is 1. The third-order valence-corrected chi connectivity index (χ3v) is 3.77. The molecule has 2 atom stereocenters. The minimum Gasteiger partial charge on any atom is -0.374 e. The van der Waals surface area contributed by atoms with Gasteiger partial charge in [0, 0.05) is 45.4 Å². The number of nitrogens with zero attached hydrogens (tertiary/aromatic N) is 2. The molecule has 0 saturated carbocycles. The first-order chi connectivity index (χ1) is 8.74. The fourth-order valence-corrected chi connectivity index (χ4v) is 2.82. The molecule has 0 bridgehead atoms. The van der Waals surface area contributed by atoms with Crippen molar-refractivity contribution >= 4 is 0 Å². The lowest BCUT2D eigenvalue weighted by Crippen LogP contribution is -2.48. The van der Waals surface area contributed by atoms with Crippen LogP contribution in [0, 0.1) is 0 Å². The van der Waals surface area contributed by atoms with E-state index in [1.165, 1.54) is 0 Å². The highest BCUT2D eigenvalue weighted by molar-refractivity contribution is 4.93. The summed E-state index contributed by atoms with van der Waals surface area (Å²) in [5, 5.41) is 0. The number of hydrogen-bond acceptors (Lipinski definition) is 5. The van der Waals surface area contributed by atoms with Gasteiger partial charge in [-0.25, -0.2) is 0 Å². The summed E-state index contributed by atoms with van der Waals surface area (Å²) in [6.07, 6.45) is 0.248. The van der Waals surface area contributed by atoms with Gasteiger partial charge in [-0.2, -0.15) is 0 Å². The first-order valence-electron chi connectivity index (χ1n) is 7.02. The quantitative estimate of drug-likeness (QED) is 0.644. The lowest BCUT2D eigenvalue weighted by atomic mass is 10.1. The Kier molecular flexibility index (Phi) is 5.38. The van der Waals surface area contributed by atoms with Gasteiger partial charge in [0.2, 0.25) is 0 Å². The molecule has 0 aromatic rings. The zero-order valence-electron chi connectivity index (χ0n) is 11.8. The Morgan fingerprint density at radius 2 is 1.94 bits per heavy atom. The predicted octanol–water partition coefficient (Wildman–Crippen LogP) is 0.400. The molecule has 0 aromatic heterocycles. The molecule has 5 nitrogen and oxygen atoms in total. The van der Waals surface area contributed by atoms with Crippen LogP contribution in [0.1, 0.15) is 13.8 Å². The van der Waals surface area contributed by atoms with E-state index in [4.69, 9.17) is 14.2 Å². The van der Waals surface area contributed by atoms with Crippen molar-refractivity contribution < 1.29 is 14.2 Å². The molecule has 0 amide bonds. The molecule has 0 spiro atoms. The van der Waals surface area contributed by atoms with Crippen LogP contribution in [0.5, 0.6) is 0 Å². The minimum atomic E-state index is -0.106. The van der Waals surface area contributed by atoms with E-state index in [1.54, 1.807) is 0 Å². The molecular weight excluding hydrogens is 232 g/mol. The molecule has 0 N–H and O–H groups in total. The number of morpholine rings is 1. The Labute approximate surface area is 110 Å². The van der Waals surface area contributed by atoms with Crippen molar-refractivity contribution in [3.05, 3.63) is 0 Å². The van der Waals surface area contributed by atoms with Gasteiger partial charge in [0.05, 0.1) is 12.7 Å². The molecule has 18 heavy (non-hydrogen) atoms. The summed E-state index contributed by atoms with van der Waals surface area (Å²) in [5.41, 5.74) is 0. The van der Waals surface area contributed by atoms with Crippen molar-refractivity contribution in [2.24, 2.45) is 0 Å². The van der Waals surface area contributed by atoms with E-state index in [-0.39, 0.29) is 6.29 Å². The second-order valence-electron chi connectivity index (χ2n) is 5.02. The smallest absolute Gasteiger partial charge is 0.170 e. The minimum absolute atomic E-state index is 0.106. The normalized spacial score (nSPS) is 30.0. The van der Waals surface area contributed by atoms with Crippen LogP contribution in [0.3, 0.4) is 0 Å².